The van der Waals surface area contributed by atoms with Crippen molar-refractivity contribution in [1.29, 1.82) is 0 Å². The molecule has 6 nitrogen and oxygen atoms in total. The van der Waals surface area contributed by atoms with Crippen molar-refractivity contribution >= 4 is 17.8 Å². The highest BCUT2D eigenvalue weighted by Crippen LogP contribution is 2.24. The summed E-state index contributed by atoms with van der Waals surface area (Å²) in [5, 5.41) is 11.6. The number of rotatable bonds is 5. The lowest BCUT2D eigenvalue weighted by Crippen LogP contribution is -2.25. The van der Waals surface area contributed by atoms with Crippen molar-refractivity contribution in [3.63, 3.8) is 0 Å². The Morgan fingerprint density at radius 3 is 2.42 bits per heavy atom. The fourth-order valence-corrected chi connectivity index (χ4v) is 1.47. The SMILES string of the molecule is CCCNC(=O)c1cccc(C(=O)O)c1OC(C)=O. The third kappa shape index (κ3) is 3.80. The van der Waals surface area contributed by atoms with Gasteiger partial charge in [-0.3, -0.25) is 9.59 Å². The molecule has 1 aromatic carbocycles. The Kier molecular flexibility index (Phi) is 5.05. The Hall–Kier alpha value is -2.37. The molecule has 0 saturated carbocycles. The zero-order valence-corrected chi connectivity index (χ0v) is 10.7. The van der Waals surface area contributed by atoms with E-state index in [9.17, 15) is 14.4 Å². The number of aromatic carboxylic acids is 1. The number of hydrogen-bond acceptors (Lipinski definition) is 4. The molecule has 0 radical (unpaired) electrons. The minimum absolute atomic E-state index is 0.0311. The topological polar surface area (TPSA) is 92.7 Å². The molecule has 0 saturated heterocycles. The normalized spacial score (nSPS) is 9.79. The van der Waals surface area contributed by atoms with Crippen molar-refractivity contribution in [1.82, 2.24) is 5.32 Å². The lowest BCUT2D eigenvalue weighted by atomic mass is 10.1. The van der Waals surface area contributed by atoms with E-state index in [1.807, 2.05) is 6.92 Å². The predicted molar refractivity (Wildman–Crippen MR) is 67.3 cm³/mol. The van der Waals surface area contributed by atoms with Crippen LogP contribution in [0.15, 0.2) is 18.2 Å². The minimum atomic E-state index is -1.26. The molecule has 0 aromatic heterocycles. The molecule has 0 heterocycles. The lowest BCUT2D eigenvalue weighted by molar-refractivity contribution is -0.131. The predicted octanol–water partition coefficient (Wildman–Crippen LogP) is 1.45. The first kappa shape index (κ1) is 14.7. The molecule has 0 atom stereocenters. The van der Waals surface area contributed by atoms with Gasteiger partial charge in [0.15, 0.2) is 5.75 Å². The number of ether oxygens (including phenoxy) is 1. The summed E-state index contributed by atoms with van der Waals surface area (Å²) < 4.78 is 4.86. The Morgan fingerprint density at radius 2 is 1.89 bits per heavy atom. The summed E-state index contributed by atoms with van der Waals surface area (Å²) in [6, 6.07) is 4.12. The van der Waals surface area contributed by atoms with E-state index in [0.29, 0.717) is 6.54 Å². The highest BCUT2D eigenvalue weighted by atomic mass is 16.5. The summed E-state index contributed by atoms with van der Waals surface area (Å²) in [6.45, 7) is 3.49. The first-order chi connectivity index (χ1) is 8.97. The molecule has 1 aromatic rings. The zero-order chi connectivity index (χ0) is 14.4. The molecule has 0 unspecified atom stereocenters. The smallest absolute Gasteiger partial charge is 0.339 e. The largest absolute Gasteiger partial charge is 0.478 e. The van der Waals surface area contributed by atoms with Gasteiger partial charge in [-0.05, 0) is 18.6 Å². The van der Waals surface area contributed by atoms with Gasteiger partial charge < -0.3 is 15.2 Å². The summed E-state index contributed by atoms with van der Waals surface area (Å²) in [7, 11) is 0. The second-order valence-corrected chi connectivity index (χ2v) is 3.84. The second kappa shape index (κ2) is 6.53. The van der Waals surface area contributed by atoms with E-state index in [1.54, 1.807) is 0 Å². The van der Waals surface area contributed by atoms with Crippen molar-refractivity contribution in [2.75, 3.05) is 6.54 Å². The van der Waals surface area contributed by atoms with Crippen LogP contribution in [-0.2, 0) is 4.79 Å². The maximum absolute atomic E-state index is 11.9. The van der Waals surface area contributed by atoms with E-state index in [1.165, 1.54) is 18.2 Å². The maximum atomic E-state index is 11.9. The van der Waals surface area contributed by atoms with E-state index in [4.69, 9.17) is 9.84 Å². The van der Waals surface area contributed by atoms with Crippen LogP contribution in [0.5, 0.6) is 5.75 Å². The molecule has 0 bridgehead atoms. The molecule has 0 spiro atoms. The number of hydrogen-bond donors (Lipinski definition) is 2. The average molecular weight is 265 g/mol. The molecule has 19 heavy (non-hydrogen) atoms. The maximum Gasteiger partial charge on any atom is 0.339 e. The Bertz CT molecular complexity index is 510. The highest BCUT2D eigenvalue weighted by Gasteiger charge is 2.21. The standard InChI is InChI=1S/C13H15NO5/c1-3-7-14-12(16)9-5-4-6-10(13(17)18)11(9)19-8(2)15/h4-6H,3,7H2,1-2H3,(H,14,16)(H,17,18). The van der Waals surface area contributed by atoms with Crippen molar-refractivity contribution < 1.29 is 24.2 Å². The van der Waals surface area contributed by atoms with Crippen LogP contribution in [0.2, 0.25) is 0 Å². The third-order valence-corrected chi connectivity index (χ3v) is 2.27. The van der Waals surface area contributed by atoms with Crippen molar-refractivity contribution in [3.05, 3.63) is 29.3 Å². The van der Waals surface area contributed by atoms with Crippen LogP contribution in [0.1, 0.15) is 41.0 Å². The number of amides is 1. The minimum Gasteiger partial charge on any atom is -0.478 e. The fraction of sp³-hybridized carbons (Fsp3) is 0.308. The van der Waals surface area contributed by atoms with Crippen LogP contribution in [-0.4, -0.2) is 29.5 Å². The molecule has 0 fully saturated rings. The molecule has 6 heteroatoms. The van der Waals surface area contributed by atoms with Crippen molar-refractivity contribution in [2.24, 2.45) is 0 Å². The van der Waals surface area contributed by atoms with Crippen molar-refractivity contribution in [2.45, 2.75) is 20.3 Å². The number of para-hydroxylation sites is 1. The van der Waals surface area contributed by atoms with Crippen LogP contribution in [0.25, 0.3) is 0 Å². The van der Waals surface area contributed by atoms with E-state index >= 15 is 0 Å². The average Bonchev–Trinajstić information content (AvgIpc) is 2.35. The molecule has 0 aliphatic heterocycles. The second-order valence-electron chi connectivity index (χ2n) is 3.84. The fourth-order valence-electron chi connectivity index (χ4n) is 1.47. The molecule has 0 aliphatic carbocycles. The number of carboxylic acid groups (broad SMARTS) is 1. The van der Waals surface area contributed by atoms with Crippen LogP contribution in [0.3, 0.4) is 0 Å². The Balaban J connectivity index is 3.22. The summed E-state index contributed by atoms with van der Waals surface area (Å²) in [5.41, 5.74) is -0.192. The first-order valence-electron chi connectivity index (χ1n) is 5.80. The number of benzene rings is 1. The molecule has 1 amide bonds. The highest BCUT2D eigenvalue weighted by molar-refractivity contribution is 6.02. The number of nitrogens with one attached hydrogen (secondary N) is 1. The summed E-state index contributed by atoms with van der Waals surface area (Å²) in [5.74, 6) is -2.64. The molecule has 0 aliphatic rings. The number of carbonyl (C=O) groups excluding carboxylic acids is 2. The zero-order valence-electron chi connectivity index (χ0n) is 10.7. The van der Waals surface area contributed by atoms with Gasteiger partial charge in [0.25, 0.3) is 5.91 Å². The Morgan fingerprint density at radius 1 is 1.26 bits per heavy atom. The lowest BCUT2D eigenvalue weighted by Gasteiger charge is -2.11. The van der Waals surface area contributed by atoms with E-state index in [0.717, 1.165) is 13.3 Å². The summed E-state index contributed by atoms with van der Waals surface area (Å²) in [4.78, 5) is 34.0. The Labute approximate surface area is 110 Å². The number of esters is 1. The third-order valence-electron chi connectivity index (χ3n) is 2.27. The van der Waals surface area contributed by atoms with Crippen LogP contribution in [0, 0.1) is 0 Å². The van der Waals surface area contributed by atoms with Gasteiger partial charge in [-0.25, -0.2) is 4.79 Å². The number of carbonyl (C=O) groups is 3. The monoisotopic (exact) mass is 265 g/mol. The van der Waals surface area contributed by atoms with Crippen LogP contribution in [0.4, 0.5) is 0 Å². The van der Waals surface area contributed by atoms with Gasteiger partial charge in [0, 0.05) is 13.5 Å². The van der Waals surface area contributed by atoms with Crippen LogP contribution >= 0.6 is 0 Å². The molecular weight excluding hydrogens is 250 g/mol. The molecule has 1 rings (SSSR count). The summed E-state index contributed by atoms with van der Waals surface area (Å²) in [6.07, 6.45) is 0.743. The van der Waals surface area contributed by atoms with E-state index in [-0.39, 0.29) is 16.9 Å². The summed E-state index contributed by atoms with van der Waals surface area (Å²) >= 11 is 0. The van der Waals surface area contributed by atoms with Gasteiger partial charge in [0.1, 0.15) is 5.56 Å². The van der Waals surface area contributed by atoms with Gasteiger partial charge in [0.2, 0.25) is 0 Å². The van der Waals surface area contributed by atoms with E-state index in [2.05, 4.69) is 5.32 Å². The molecule has 2 N–H and O–H groups in total. The van der Waals surface area contributed by atoms with Crippen molar-refractivity contribution in [3.8, 4) is 5.75 Å². The molecular formula is C13H15NO5. The quantitative estimate of drug-likeness (QED) is 0.621. The van der Waals surface area contributed by atoms with E-state index < -0.39 is 17.8 Å². The van der Waals surface area contributed by atoms with Gasteiger partial charge >= 0.3 is 11.9 Å². The molecule has 102 valence electrons. The van der Waals surface area contributed by atoms with Gasteiger partial charge in [-0.2, -0.15) is 0 Å². The van der Waals surface area contributed by atoms with Crippen LogP contribution < -0.4 is 10.1 Å². The van der Waals surface area contributed by atoms with Gasteiger partial charge in [-0.15, -0.1) is 0 Å². The van der Waals surface area contributed by atoms with Gasteiger partial charge in [0.05, 0.1) is 5.56 Å². The number of carboxylic acids is 1. The van der Waals surface area contributed by atoms with Gasteiger partial charge in [-0.1, -0.05) is 13.0 Å². The first-order valence-corrected chi connectivity index (χ1v) is 5.80.